The first-order valence-electron chi connectivity index (χ1n) is 32.9. The van der Waals surface area contributed by atoms with Gasteiger partial charge in [-0.3, -0.25) is 14.4 Å². The van der Waals surface area contributed by atoms with Gasteiger partial charge in [0.1, 0.15) is 13.2 Å². The van der Waals surface area contributed by atoms with Crippen molar-refractivity contribution in [3.63, 3.8) is 0 Å². The molecular formula is C70H124O6. The summed E-state index contributed by atoms with van der Waals surface area (Å²) >= 11 is 0. The van der Waals surface area contributed by atoms with Crippen LogP contribution in [0, 0.1) is 0 Å². The quantitative estimate of drug-likeness (QED) is 0.0261. The lowest BCUT2D eigenvalue weighted by atomic mass is 10.0. The number of ether oxygens (including phenoxy) is 3. The fourth-order valence-electron chi connectivity index (χ4n) is 9.57. The summed E-state index contributed by atoms with van der Waals surface area (Å²) in [5.41, 5.74) is 0. The highest BCUT2D eigenvalue weighted by molar-refractivity contribution is 5.72. The first-order chi connectivity index (χ1) is 37.5. The average molecular weight is 1060 g/mol. The summed E-state index contributed by atoms with van der Waals surface area (Å²) in [5.74, 6) is -1.02. The fourth-order valence-corrected chi connectivity index (χ4v) is 9.57. The SMILES string of the molecule is CC/C=C\C/C=C\C/C=C\C/C=C\C/C=C\CC(=O)OCC(COC(=O)CCCCCCCCCCCCCCCCCCCCCCCCCC)OC(=O)CCCCCCCCCCC/C=C\CCCCCCCC. The summed E-state index contributed by atoms with van der Waals surface area (Å²) in [6.45, 7) is 6.48. The van der Waals surface area contributed by atoms with Gasteiger partial charge in [0.15, 0.2) is 6.10 Å². The van der Waals surface area contributed by atoms with Crippen LogP contribution >= 0.6 is 0 Å². The molecule has 0 amide bonds. The number of hydrogen-bond donors (Lipinski definition) is 0. The average Bonchev–Trinajstić information content (AvgIpc) is 3.42. The van der Waals surface area contributed by atoms with Crippen LogP contribution in [-0.2, 0) is 28.6 Å². The molecule has 0 aromatic carbocycles. The zero-order valence-corrected chi connectivity index (χ0v) is 50.5. The first kappa shape index (κ1) is 72.8. The van der Waals surface area contributed by atoms with Gasteiger partial charge in [-0.15, -0.1) is 0 Å². The van der Waals surface area contributed by atoms with Crippen LogP contribution in [0.25, 0.3) is 0 Å². The predicted molar refractivity (Wildman–Crippen MR) is 330 cm³/mol. The minimum Gasteiger partial charge on any atom is -0.462 e. The Morgan fingerprint density at radius 1 is 0.289 bits per heavy atom. The standard InChI is InChI=1S/C70H124O6/c1-4-7-10-13-16-19-22-25-28-30-32-33-34-35-36-38-39-42-45-48-51-54-57-60-63-69(72)75-66-67(65-74-68(71)62-59-56-53-50-47-44-41-27-24-21-18-15-12-9-6-3)76-70(73)64-61-58-55-52-49-46-43-40-37-31-29-26-23-20-17-14-11-8-5-2/h9,12,18,21,26-27,29,41,47,50,56,59,67H,4-8,10-11,13-17,19-20,22-25,28,30-40,42-46,48-49,51-55,57-58,60-66H2,1-3H3/b12-9-,21-18-,29-26-,41-27-,50-47-,59-56-. The number of unbranched alkanes of at least 4 members (excludes halogenated alkanes) is 38. The lowest BCUT2D eigenvalue weighted by molar-refractivity contribution is -0.166. The van der Waals surface area contributed by atoms with Crippen LogP contribution in [-0.4, -0.2) is 37.2 Å². The Labute approximate surface area is 472 Å². The van der Waals surface area contributed by atoms with E-state index in [0.717, 1.165) is 70.6 Å². The van der Waals surface area contributed by atoms with Crippen molar-refractivity contribution >= 4 is 17.9 Å². The molecule has 0 aliphatic carbocycles. The molecule has 0 fully saturated rings. The predicted octanol–water partition coefficient (Wildman–Crippen LogP) is 22.5. The molecule has 0 N–H and O–H groups in total. The largest absolute Gasteiger partial charge is 0.462 e. The van der Waals surface area contributed by atoms with Crippen molar-refractivity contribution in [1.82, 2.24) is 0 Å². The molecule has 0 aromatic rings. The molecule has 0 radical (unpaired) electrons. The summed E-state index contributed by atoms with van der Waals surface area (Å²) in [6.07, 6.45) is 83.8. The summed E-state index contributed by atoms with van der Waals surface area (Å²) in [7, 11) is 0. The summed E-state index contributed by atoms with van der Waals surface area (Å²) in [6, 6.07) is 0. The molecule has 76 heavy (non-hydrogen) atoms. The Balaban J connectivity index is 4.36. The van der Waals surface area contributed by atoms with Crippen molar-refractivity contribution in [1.29, 1.82) is 0 Å². The van der Waals surface area contributed by atoms with E-state index in [1.165, 1.54) is 225 Å². The molecule has 0 heterocycles. The van der Waals surface area contributed by atoms with Gasteiger partial charge in [-0.25, -0.2) is 0 Å². The van der Waals surface area contributed by atoms with E-state index in [-0.39, 0.29) is 31.6 Å². The lowest BCUT2D eigenvalue weighted by Crippen LogP contribution is -2.30. The van der Waals surface area contributed by atoms with Crippen LogP contribution in [0.4, 0.5) is 0 Å². The molecule has 0 saturated carbocycles. The van der Waals surface area contributed by atoms with Gasteiger partial charge in [0.2, 0.25) is 0 Å². The molecule has 0 saturated heterocycles. The van der Waals surface area contributed by atoms with Crippen LogP contribution in [0.15, 0.2) is 72.9 Å². The minimum atomic E-state index is -0.816. The first-order valence-corrected chi connectivity index (χ1v) is 32.9. The zero-order valence-electron chi connectivity index (χ0n) is 50.5. The second kappa shape index (κ2) is 64.4. The number of carbonyl (C=O) groups is 3. The second-order valence-electron chi connectivity index (χ2n) is 22.0. The highest BCUT2D eigenvalue weighted by Crippen LogP contribution is 2.18. The van der Waals surface area contributed by atoms with E-state index in [4.69, 9.17) is 14.2 Å². The topological polar surface area (TPSA) is 78.9 Å². The summed E-state index contributed by atoms with van der Waals surface area (Å²) in [4.78, 5) is 38.3. The van der Waals surface area contributed by atoms with E-state index in [2.05, 4.69) is 81.5 Å². The molecule has 0 rings (SSSR count). The van der Waals surface area contributed by atoms with E-state index < -0.39 is 12.1 Å². The smallest absolute Gasteiger partial charge is 0.309 e. The molecule has 0 aliphatic rings. The highest BCUT2D eigenvalue weighted by atomic mass is 16.6. The van der Waals surface area contributed by atoms with Crippen molar-refractivity contribution < 1.29 is 28.6 Å². The summed E-state index contributed by atoms with van der Waals surface area (Å²) < 4.78 is 16.8. The Morgan fingerprint density at radius 3 is 0.908 bits per heavy atom. The van der Waals surface area contributed by atoms with Crippen molar-refractivity contribution in [2.24, 2.45) is 0 Å². The molecule has 0 bridgehead atoms. The highest BCUT2D eigenvalue weighted by Gasteiger charge is 2.19. The van der Waals surface area contributed by atoms with E-state index in [0.29, 0.717) is 12.8 Å². The van der Waals surface area contributed by atoms with Gasteiger partial charge in [0.25, 0.3) is 0 Å². The number of hydrogen-bond acceptors (Lipinski definition) is 6. The lowest BCUT2D eigenvalue weighted by Gasteiger charge is -2.18. The second-order valence-corrected chi connectivity index (χ2v) is 22.0. The zero-order chi connectivity index (χ0) is 55.0. The molecule has 1 unspecified atom stereocenters. The van der Waals surface area contributed by atoms with Crippen LogP contribution < -0.4 is 0 Å². The normalized spacial score (nSPS) is 12.5. The van der Waals surface area contributed by atoms with Gasteiger partial charge in [-0.05, 0) is 70.6 Å². The molecular weight excluding hydrogens is 937 g/mol. The van der Waals surface area contributed by atoms with E-state index >= 15 is 0 Å². The molecule has 0 aliphatic heterocycles. The number of allylic oxidation sites excluding steroid dienone is 11. The van der Waals surface area contributed by atoms with Crippen molar-refractivity contribution in [3.8, 4) is 0 Å². The van der Waals surface area contributed by atoms with Crippen LogP contribution in [0.2, 0.25) is 0 Å². The molecule has 440 valence electrons. The third kappa shape index (κ3) is 61.7. The van der Waals surface area contributed by atoms with Gasteiger partial charge in [-0.1, -0.05) is 318 Å². The molecule has 1 atom stereocenters. The van der Waals surface area contributed by atoms with Crippen LogP contribution in [0.1, 0.15) is 335 Å². The van der Waals surface area contributed by atoms with Crippen LogP contribution in [0.5, 0.6) is 0 Å². The van der Waals surface area contributed by atoms with Gasteiger partial charge >= 0.3 is 17.9 Å². The Hall–Kier alpha value is -3.15. The number of rotatable bonds is 60. The Kier molecular flexibility index (Phi) is 61.7. The molecule has 6 nitrogen and oxygen atoms in total. The van der Waals surface area contributed by atoms with Crippen molar-refractivity contribution in [2.75, 3.05) is 13.2 Å². The molecule has 0 spiro atoms. The molecule has 0 aromatic heterocycles. The van der Waals surface area contributed by atoms with Crippen molar-refractivity contribution in [3.05, 3.63) is 72.9 Å². The van der Waals surface area contributed by atoms with Gasteiger partial charge < -0.3 is 14.2 Å². The van der Waals surface area contributed by atoms with Gasteiger partial charge in [0, 0.05) is 12.8 Å². The van der Waals surface area contributed by atoms with E-state index in [9.17, 15) is 14.4 Å². The van der Waals surface area contributed by atoms with E-state index in [1.807, 2.05) is 6.08 Å². The minimum absolute atomic E-state index is 0.103. The van der Waals surface area contributed by atoms with Gasteiger partial charge in [-0.2, -0.15) is 0 Å². The fraction of sp³-hybridized carbons (Fsp3) is 0.786. The van der Waals surface area contributed by atoms with Gasteiger partial charge in [0.05, 0.1) is 6.42 Å². The monoisotopic (exact) mass is 1060 g/mol. The molecule has 6 heteroatoms. The van der Waals surface area contributed by atoms with E-state index in [1.54, 1.807) is 6.08 Å². The Morgan fingerprint density at radius 2 is 0.566 bits per heavy atom. The third-order valence-electron chi connectivity index (χ3n) is 14.5. The maximum Gasteiger partial charge on any atom is 0.309 e. The number of carbonyl (C=O) groups excluding carboxylic acids is 3. The Bertz CT molecular complexity index is 1400. The summed E-state index contributed by atoms with van der Waals surface area (Å²) in [5, 5.41) is 0. The maximum atomic E-state index is 12.9. The van der Waals surface area contributed by atoms with Crippen LogP contribution in [0.3, 0.4) is 0 Å². The maximum absolute atomic E-state index is 12.9. The van der Waals surface area contributed by atoms with Crippen molar-refractivity contribution in [2.45, 2.75) is 341 Å². The number of esters is 3. The third-order valence-corrected chi connectivity index (χ3v) is 14.5.